The minimum atomic E-state index is -0.732. The Bertz CT molecular complexity index is 1100. The molecule has 0 aliphatic carbocycles. The van der Waals surface area contributed by atoms with Gasteiger partial charge in [0, 0.05) is 27.8 Å². The van der Waals surface area contributed by atoms with E-state index >= 15 is 0 Å². The number of carbonyl (C=O) groups excluding carboxylic acids is 1. The van der Waals surface area contributed by atoms with Gasteiger partial charge >= 0.3 is 5.69 Å². The number of aromatic nitrogens is 3. The summed E-state index contributed by atoms with van der Waals surface area (Å²) in [6, 6.07) is 6.26. The molecule has 0 radical (unpaired) electrons. The highest BCUT2D eigenvalue weighted by Gasteiger charge is 2.26. The van der Waals surface area contributed by atoms with E-state index in [1.165, 1.54) is 4.57 Å². The SMILES string of the molecule is CCCCC(C(N)=O)n1c(=O)n(C(C)C)c2cc(-c3cc(Cl)cc(Cl)c3)cnc21. The second-order valence-electron chi connectivity index (χ2n) is 7.40. The zero-order chi connectivity index (χ0) is 21.3. The molecule has 0 saturated carbocycles. The van der Waals surface area contributed by atoms with Crippen molar-refractivity contribution in [1.82, 2.24) is 14.1 Å². The lowest BCUT2D eigenvalue weighted by Crippen LogP contribution is -2.35. The molecule has 1 aromatic carbocycles. The van der Waals surface area contributed by atoms with Gasteiger partial charge in [0.25, 0.3) is 0 Å². The second-order valence-corrected chi connectivity index (χ2v) is 8.27. The van der Waals surface area contributed by atoms with Gasteiger partial charge in [-0.15, -0.1) is 0 Å². The Morgan fingerprint density at radius 3 is 2.31 bits per heavy atom. The number of hydrogen-bond acceptors (Lipinski definition) is 3. The molecule has 29 heavy (non-hydrogen) atoms. The number of unbranched alkanes of at least 4 members (excludes halogenated alkanes) is 1. The number of pyridine rings is 1. The highest BCUT2D eigenvalue weighted by Crippen LogP contribution is 2.30. The van der Waals surface area contributed by atoms with Crippen LogP contribution in [0.5, 0.6) is 0 Å². The van der Waals surface area contributed by atoms with Crippen LogP contribution in [0.3, 0.4) is 0 Å². The minimum absolute atomic E-state index is 0.119. The number of fused-ring (bicyclic) bond motifs is 1. The van der Waals surface area contributed by atoms with Crippen LogP contribution in [-0.2, 0) is 4.79 Å². The monoisotopic (exact) mass is 434 g/mol. The number of imidazole rings is 1. The van der Waals surface area contributed by atoms with Crippen molar-refractivity contribution < 1.29 is 4.79 Å². The van der Waals surface area contributed by atoms with E-state index in [4.69, 9.17) is 28.9 Å². The number of nitrogens with zero attached hydrogens (tertiary/aromatic N) is 3. The molecule has 2 aromatic heterocycles. The molecule has 0 spiro atoms. The number of rotatable bonds is 7. The minimum Gasteiger partial charge on any atom is -0.368 e. The normalized spacial score (nSPS) is 12.6. The van der Waals surface area contributed by atoms with Crippen LogP contribution in [0.4, 0.5) is 0 Å². The van der Waals surface area contributed by atoms with Crippen molar-refractivity contribution in [3.8, 4) is 11.1 Å². The van der Waals surface area contributed by atoms with Crippen molar-refractivity contribution in [3.63, 3.8) is 0 Å². The van der Waals surface area contributed by atoms with E-state index in [0.29, 0.717) is 27.6 Å². The van der Waals surface area contributed by atoms with Crippen molar-refractivity contribution in [1.29, 1.82) is 0 Å². The smallest absolute Gasteiger partial charge is 0.331 e. The third kappa shape index (κ3) is 4.19. The van der Waals surface area contributed by atoms with Crippen molar-refractivity contribution in [2.24, 2.45) is 5.73 Å². The van der Waals surface area contributed by atoms with Crippen LogP contribution < -0.4 is 11.4 Å². The molecule has 0 fully saturated rings. The number of primary amides is 1. The van der Waals surface area contributed by atoms with E-state index in [1.807, 2.05) is 26.8 Å². The van der Waals surface area contributed by atoms with Crippen LogP contribution in [0, 0.1) is 0 Å². The highest BCUT2D eigenvalue weighted by atomic mass is 35.5. The molecular weight excluding hydrogens is 411 g/mol. The number of amides is 1. The number of benzene rings is 1. The zero-order valence-corrected chi connectivity index (χ0v) is 18.2. The lowest BCUT2D eigenvalue weighted by atomic mass is 10.1. The molecule has 8 heteroatoms. The van der Waals surface area contributed by atoms with Gasteiger partial charge < -0.3 is 5.73 Å². The first kappa shape index (κ1) is 21.4. The van der Waals surface area contributed by atoms with Gasteiger partial charge in [-0.2, -0.15) is 0 Å². The largest absolute Gasteiger partial charge is 0.368 e. The van der Waals surface area contributed by atoms with Crippen LogP contribution in [0.15, 0.2) is 35.3 Å². The molecule has 154 valence electrons. The summed E-state index contributed by atoms with van der Waals surface area (Å²) in [6.45, 7) is 5.86. The highest BCUT2D eigenvalue weighted by molar-refractivity contribution is 6.35. The maximum atomic E-state index is 13.2. The predicted octanol–water partition coefficient (Wildman–Crippen LogP) is 4.97. The summed E-state index contributed by atoms with van der Waals surface area (Å²) in [5, 5.41) is 1.03. The molecule has 3 aromatic rings. The second kappa shape index (κ2) is 8.59. The van der Waals surface area contributed by atoms with Crippen LogP contribution in [0.1, 0.15) is 52.1 Å². The molecule has 1 unspecified atom stereocenters. The number of nitrogens with two attached hydrogens (primary N) is 1. The Kier molecular flexibility index (Phi) is 6.34. The molecule has 0 bridgehead atoms. The first-order valence-electron chi connectivity index (χ1n) is 9.62. The Hall–Kier alpha value is -2.31. The third-order valence-electron chi connectivity index (χ3n) is 4.93. The number of halogens is 2. The molecule has 0 aliphatic rings. The Morgan fingerprint density at radius 2 is 1.76 bits per heavy atom. The fourth-order valence-electron chi connectivity index (χ4n) is 3.57. The van der Waals surface area contributed by atoms with Gasteiger partial charge in [0.2, 0.25) is 5.91 Å². The maximum absolute atomic E-state index is 13.2. The lowest BCUT2D eigenvalue weighted by Gasteiger charge is -2.14. The van der Waals surface area contributed by atoms with Crippen molar-refractivity contribution in [2.45, 2.75) is 52.1 Å². The molecule has 6 nitrogen and oxygen atoms in total. The van der Waals surface area contributed by atoms with E-state index < -0.39 is 11.9 Å². The average Bonchev–Trinajstić information content (AvgIpc) is 2.92. The molecule has 3 rings (SSSR count). The Balaban J connectivity index is 2.26. The van der Waals surface area contributed by atoms with Crippen LogP contribution in [0.25, 0.3) is 22.3 Å². The fourth-order valence-corrected chi connectivity index (χ4v) is 4.10. The van der Waals surface area contributed by atoms with Gasteiger partial charge in [-0.25, -0.2) is 9.78 Å². The zero-order valence-electron chi connectivity index (χ0n) is 16.7. The van der Waals surface area contributed by atoms with Crippen LogP contribution in [-0.4, -0.2) is 20.0 Å². The summed E-state index contributed by atoms with van der Waals surface area (Å²) in [4.78, 5) is 29.9. The Morgan fingerprint density at radius 1 is 1.10 bits per heavy atom. The van der Waals surface area contributed by atoms with Gasteiger partial charge in [0.05, 0.1) is 5.52 Å². The first-order chi connectivity index (χ1) is 13.7. The standard InChI is InChI=1S/C21H24Cl2N4O2/c1-4-5-6-17(19(24)28)27-20-18(26(12(2)3)21(27)29)9-14(11-25-20)13-7-15(22)10-16(23)8-13/h7-12,17H,4-6H2,1-3H3,(H2,24,28). The van der Waals surface area contributed by atoms with E-state index in [1.54, 1.807) is 29.0 Å². The van der Waals surface area contributed by atoms with Crippen molar-refractivity contribution >= 4 is 40.3 Å². The molecule has 2 N–H and O–H groups in total. The van der Waals surface area contributed by atoms with E-state index in [2.05, 4.69) is 4.98 Å². The molecule has 2 heterocycles. The van der Waals surface area contributed by atoms with Gasteiger partial charge in [-0.1, -0.05) is 43.0 Å². The summed E-state index contributed by atoms with van der Waals surface area (Å²) in [6.07, 6.45) is 3.83. The fraction of sp³-hybridized carbons (Fsp3) is 0.381. The topological polar surface area (TPSA) is 82.9 Å². The summed E-state index contributed by atoms with van der Waals surface area (Å²) < 4.78 is 3.07. The molecule has 1 atom stereocenters. The number of carbonyl (C=O) groups is 1. The first-order valence-corrected chi connectivity index (χ1v) is 10.4. The van der Waals surface area contributed by atoms with Crippen LogP contribution in [0.2, 0.25) is 10.0 Å². The molecule has 0 aliphatic heterocycles. The van der Waals surface area contributed by atoms with Crippen LogP contribution >= 0.6 is 23.2 Å². The summed E-state index contributed by atoms with van der Waals surface area (Å²) in [5.41, 5.74) is 8.01. The summed E-state index contributed by atoms with van der Waals surface area (Å²) in [5.74, 6) is -0.532. The maximum Gasteiger partial charge on any atom is 0.331 e. The van der Waals surface area contributed by atoms with E-state index in [9.17, 15) is 9.59 Å². The molecular formula is C21H24Cl2N4O2. The average molecular weight is 435 g/mol. The van der Waals surface area contributed by atoms with Gasteiger partial charge in [0.15, 0.2) is 5.65 Å². The van der Waals surface area contributed by atoms with E-state index in [0.717, 1.165) is 24.0 Å². The lowest BCUT2D eigenvalue weighted by molar-refractivity contribution is -0.121. The van der Waals surface area contributed by atoms with Gasteiger partial charge in [0.1, 0.15) is 6.04 Å². The molecule has 0 saturated heterocycles. The van der Waals surface area contributed by atoms with Gasteiger partial charge in [-0.05, 0) is 50.1 Å². The summed E-state index contributed by atoms with van der Waals surface area (Å²) >= 11 is 12.3. The van der Waals surface area contributed by atoms with E-state index in [-0.39, 0.29) is 11.7 Å². The predicted molar refractivity (Wildman–Crippen MR) is 118 cm³/mol. The van der Waals surface area contributed by atoms with Crippen molar-refractivity contribution in [3.05, 3.63) is 51.0 Å². The number of hydrogen-bond donors (Lipinski definition) is 1. The van der Waals surface area contributed by atoms with Crippen molar-refractivity contribution in [2.75, 3.05) is 0 Å². The quantitative estimate of drug-likeness (QED) is 0.569. The Labute approximate surface area is 179 Å². The third-order valence-corrected chi connectivity index (χ3v) is 5.37. The molecule has 1 amide bonds. The summed E-state index contributed by atoms with van der Waals surface area (Å²) in [7, 11) is 0. The van der Waals surface area contributed by atoms with Gasteiger partial charge in [-0.3, -0.25) is 13.9 Å².